The minimum atomic E-state index is -0.632. The van der Waals surface area contributed by atoms with Crippen LogP contribution in [0.1, 0.15) is 25.8 Å². The molecule has 0 radical (unpaired) electrons. The molecule has 0 bridgehead atoms. The summed E-state index contributed by atoms with van der Waals surface area (Å²) in [5, 5.41) is 18.8. The highest BCUT2D eigenvalue weighted by Crippen LogP contribution is 2.19. The Bertz CT molecular complexity index is 591. The number of carbonyl (C=O) groups is 1. The van der Waals surface area contributed by atoms with E-state index in [1.807, 2.05) is 6.92 Å². The molecule has 6 nitrogen and oxygen atoms in total. The van der Waals surface area contributed by atoms with Gasteiger partial charge >= 0.3 is 0 Å². The molecule has 0 saturated carbocycles. The average Bonchev–Trinajstić information content (AvgIpc) is 2.62. The largest absolute Gasteiger partial charge is 0.480 e. The third-order valence-corrected chi connectivity index (χ3v) is 4.28. The van der Waals surface area contributed by atoms with Crippen molar-refractivity contribution >= 4 is 5.91 Å². The van der Waals surface area contributed by atoms with Gasteiger partial charge in [0.2, 0.25) is 0 Å². The topological polar surface area (TPSA) is 76.8 Å². The highest BCUT2D eigenvalue weighted by atomic mass is 16.5. The number of aliphatic hydroxyl groups is 1. The molecule has 1 aromatic rings. The first-order valence-corrected chi connectivity index (χ1v) is 8.40. The van der Waals surface area contributed by atoms with Crippen molar-refractivity contribution in [1.82, 2.24) is 9.80 Å². The number of para-hydroxylation sites is 1. The van der Waals surface area contributed by atoms with Crippen LogP contribution in [0.2, 0.25) is 0 Å². The molecule has 1 amide bonds. The lowest BCUT2D eigenvalue weighted by Gasteiger charge is -2.36. The Kier molecular flexibility index (Phi) is 6.59. The molecule has 1 N–H and O–H groups in total. The van der Waals surface area contributed by atoms with Gasteiger partial charge in [0.15, 0.2) is 6.10 Å². The Morgan fingerprint density at radius 1 is 1.33 bits per heavy atom. The van der Waals surface area contributed by atoms with Gasteiger partial charge in [0.25, 0.3) is 5.91 Å². The summed E-state index contributed by atoms with van der Waals surface area (Å²) in [4.78, 5) is 16.5. The van der Waals surface area contributed by atoms with E-state index in [-0.39, 0.29) is 12.0 Å². The molecule has 0 unspecified atom stereocenters. The number of rotatable bonds is 6. The molecule has 1 aliphatic rings. The van der Waals surface area contributed by atoms with E-state index in [0.29, 0.717) is 30.9 Å². The summed E-state index contributed by atoms with van der Waals surface area (Å²) >= 11 is 0. The molecule has 130 valence electrons. The van der Waals surface area contributed by atoms with Crippen LogP contribution in [0, 0.1) is 11.3 Å². The lowest BCUT2D eigenvalue weighted by molar-refractivity contribution is -0.139. The summed E-state index contributed by atoms with van der Waals surface area (Å²) in [5.74, 6) is 0.365. The van der Waals surface area contributed by atoms with Crippen LogP contribution in [-0.2, 0) is 4.79 Å². The Hall–Kier alpha value is -2.10. The van der Waals surface area contributed by atoms with E-state index in [4.69, 9.17) is 10.00 Å². The first-order valence-electron chi connectivity index (χ1n) is 8.40. The minimum absolute atomic E-state index is 0.0709. The van der Waals surface area contributed by atoms with Crippen molar-refractivity contribution in [1.29, 1.82) is 5.26 Å². The smallest absolute Gasteiger partial charge is 0.263 e. The second kappa shape index (κ2) is 8.67. The number of piperazine rings is 1. The van der Waals surface area contributed by atoms with Gasteiger partial charge in [0.05, 0.1) is 11.7 Å². The van der Waals surface area contributed by atoms with Crippen LogP contribution in [0.4, 0.5) is 0 Å². The van der Waals surface area contributed by atoms with Gasteiger partial charge in [0.1, 0.15) is 11.8 Å². The maximum atomic E-state index is 12.5. The fraction of sp³-hybridized carbons (Fsp3) is 0.556. The Morgan fingerprint density at radius 3 is 2.62 bits per heavy atom. The van der Waals surface area contributed by atoms with Gasteiger partial charge in [0, 0.05) is 32.7 Å². The molecule has 2 atom stereocenters. The Labute approximate surface area is 143 Å². The van der Waals surface area contributed by atoms with Crippen molar-refractivity contribution in [3.05, 3.63) is 29.8 Å². The van der Waals surface area contributed by atoms with Gasteiger partial charge in [-0.25, -0.2) is 0 Å². The molecule has 1 aliphatic heterocycles. The number of hydrogen-bond acceptors (Lipinski definition) is 5. The molecule has 1 aromatic carbocycles. The maximum Gasteiger partial charge on any atom is 0.263 e. The summed E-state index contributed by atoms with van der Waals surface area (Å²) in [5.41, 5.74) is 0.426. The van der Waals surface area contributed by atoms with Crippen molar-refractivity contribution in [3.63, 3.8) is 0 Å². The summed E-state index contributed by atoms with van der Waals surface area (Å²) < 4.78 is 5.69. The number of aliphatic hydroxyl groups excluding tert-OH is 1. The molecule has 2 rings (SSSR count). The standard InChI is InChI=1S/C18H25N3O3/c1-3-16(22)13-20-8-10-21(11-9-20)18(23)14(2)24-17-7-5-4-6-15(17)12-19/h4-7,14,16,22H,3,8-11,13H2,1-2H3/t14-,16-/m0/s1. The fourth-order valence-corrected chi connectivity index (χ4v) is 2.74. The third-order valence-electron chi connectivity index (χ3n) is 4.28. The molecular weight excluding hydrogens is 306 g/mol. The molecule has 0 aliphatic carbocycles. The molecular formula is C18H25N3O3. The van der Waals surface area contributed by atoms with Crippen molar-refractivity contribution < 1.29 is 14.6 Å². The van der Waals surface area contributed by atoms with Crippen molar-refractivity contribution in [2.75, 3.05) is 32.7 Å². The van der Waals surface area contributed by atoms with Gasteiger partial charge in [-0.15, -0.1) is 0 Å². The number of β-amino-alcohol motifs (C(OH)–C–C–N with tert-alkyl or cyclic N) is 1. The fourth-order valence-electron chi connectivity index (χ4n) is 2.74. The lowest BCUT2D eigenvalue weighted by Crippen LogP contribution is -2.53. The van der Waals surface area contributed by atoms with Crippen molar-refractivity contribution in [2.45, 2.75) is 32.5 Å². The summed E-state index contributed by atoms with van der Waals surface area (Å²) in [7, 11) is 0. The average molecular weight is 331 g/mol. The SMILES string of the molecule is CC[C@H](O)CN1CCN(C(=O)[C@H](C)Oc2ccccc2C#N)CC1. The number of benzene rings is 1. The number of ether oxygens (including phenoxy) is 1. The summed E-state index contributed by atoms with van der Waals surface area (Å²) in [6, 6.07) is 8.99. The third kappa shape index (κ3) is 4.70. The zero-order chi connectivity index (χ0) is 17.5. The Morgan fingerprint density at radius 2 is 2.00 bits per heavy atom. The molecule has 6 heteroatoms. The molecule has 1 fully saturated rings. The van der Waals surface area contributed by atoms with Gasteiger partial charge in [-0.05, 0) is 25.5 Å². The van der Waals surface area contributed by atoms with E-state index in [1.165, 1.54) is 0 Å². The minimum Gasteiger partial charge on any atom is -0.480 e. The second-order valence-corrected chi connectivity index (χ2v) is 6.06. The molecule has 0 spiro atoms. The van der Waals surface area contributed by atoms with Gasteiger partial charge < -0.3 is 14.7 Å². The van der Waals surface area contributed by atoms with Crippen LogP contribution in [-0.4, -0.2) is 65.7 Å². The number of nitriles is 1. The van der Waals surface area contributed by atoms with Crippen LogP contribution >= 0.6 is 0 Å². The van der Waals surface area contributed by atoms with Crippen LogP contribution in [0.3, 0.4) is 0 Å². The highest BCUT2D eigenvalue weighted by molar-refractivity contribution is 5.81. The number of amides is 1. The molecule has 0 aromatic heterocycles. The molecule has 1 heterocycles. The molecule has 1 saturated heterocycles. The maximum absolute atomic E-state index is 12.5. The monoisotopic (exact) mass is 331 g/mol. The van der Waals surface area contributed by atoms with Crippen LogP contribution in [0.5, 0.6) is 5.75 Å². The predicted molar refractivity (Wildman–Crippen MR) is 90.6 cm³/mol. The zero-order valence-electron chi connectivity index (χ0n) is 14.3. The van der Waals surface area contributed by atoms with Crippen molar-refractivity contribution in [3.8, 4) is 11.8 Å². The lowest BCUT2D eigenvalue weighted by atomic mass is 10.2. The van der Waals surface area contributed by atoms with E-state index in [2.05, 4.69) is 11.0 Å². The van der Waals surface area contributed by atoms with Gasteiger partial charge in [-0.2, -0.15) is 5.26 Å². The van der Waals surface area contributed by atoms with Gasteiger partial charge in [-0.3, -0.25) is 9.69 Å². The van der Waals surface area contributed by atoms with E-state index < -0.39 is 6.10 Å². The summed E-state index contributed by atoms with van der Waals surface area (Å²) in [6.45, 7) is 7.09. The van der Waals surface area contributed by atoms with Crippen LogP contribution < -0.4 is 4.74 Å². The number of hydrogen-bond donors (Lipinski definition) is 1. The number of carbonyl (C=O) groups excluding carboxylic acids is 1. The number of nitrogens with zero attached hydrogens (tertiary/aromatic N) is 3. The van der Waals surface area contributed by atoms with E-state index in [1.54, 1.807) is 36.1 Å². The quantitative estimate of drug-likeness (QED) is 0.849. The van der Waals surface area contributed by atoms with Gasteiger partial charge in [-0.1, -0.05) is 19.1 Å². The van der Waals surface area contributed by atoms with Crippen molar-refractivity contribution in [2.24, 2.45) is 0 Å². The first-order chi connectivity index (χ1) is 11.5. The first kappa shape index (κ1) is 18.2. The normalized spacial score (nSPS) is 17.8. The van der Waals surface area contributed by atoms with E-state index >= 15 is 0 Å². The Balaban J connectivity index is 1.87. The molecule has 24 heavy (non-hydrogen) atoms. The highest BCUT2D eigenvalue weighted by Gasteiger charge is 2.27. The van der Waals surface area contributed by atoms with Crippen LogP contribution in [0.15, 0.2) is 24.3 Å². The van der Waals surface area contributed by atoms with E-state index in [9.17, 15) is 9.90 Å². The summed E-state index contributed by atoms with van der Waals surface area (Å²) in [6.07, 6.45) is -0.202. The van der Waals surface area contributed by atoms with E-state index in [0.717, 1.165) is 19.5 Å². The predicted octanol–water partition coefficient (Wildman–Crippen LogP) is 1.24. The second-order valence-electron chi connectivity index (χ2n) is 6.06. The van der Waals surface area contributed by atoms with Crippen LogP contribution in [0.25, 0.3) is 0 Å². The zero-order valence-corrected chi connectivity index (χ0v) is 14.3.